The Hall–Kier alpha value is -1.56. The van der Waals surface area contributed by atoms with Crippen LogP contribution in [0.3, 0.4) is 0 Å². The number of aryl methyl sites for hydroxylation is 3. The smallest absolute Gasteiger partial charge is 0.407 e. The Morgan fingerprint density at radius 2 is 2.39 bits per heavy atom. The van der Waals surface area contributed by atoms with Crippen molar-refractivity contribution in [2.75, 3.05) is 19.6 Å². The van der Waals surface area contributed by atoms with Crippen LogP contribution >= 0.6 is 0 Å². The van der Waals surface area contributed by atoms with E-state index in [0.29, 0.717) is 13.1 Å². The lowest BCUT2D eigenvalue weighted by Crippen LogP contribution is -2.52. The van der Waals surface area contributed by atoms with E-state index in [1.807, 2.05) is 18.5 Å². The Morgan fingerprint density at radius 1 is 1.61 bits per heavy atom. The van der Waals surface area contributed by atoms with Crippen LogP contribution in [0.5, 0.6) is 0 Å². The third-order valence-corrected chi connectivity index (χ3v) is 3.32. The highest BCUT2D eigenvalue weighted by molar-refractivity contribution is 5.65. The molecule has 0 aliphatic carbocycles. The molecule has 0 saturated carbocycles. The van der Waals surface area contributed by atoms with Gasteiger partial charge >= 0.3 is 6.09 Å². The fraction of sp³-hybridized carbons (Fsp3) is 0.667. The largest absolute Gasteiger partial charge is 0.465 e. The standard InChI is InChI=1S/C12H20N4O2/c1-9-7-10(2)16(14-9)5-3-11-8-15(12(17)18)6-4-13-11/h7,11,13H,3-6,8H2,1-2H3,(H,17,18)/t11-/m1/s1. The first-order chi connectivity index (χ1) is 8.56. The molecule has 6 nitrogen and oxygen atoms in total. The van der Waals surface area contributed by atoms with Gasteiger partial charge in [0.2, 0.25) is 0 Å². The van der Waals surface area contributed by atoms with E-state index < -0.39 is 6.09 Å². The molecule has 1 atom stereocenters. The molecule has 18 heavy (non-hydrogen) atoms. The van der Waals surface area contributed by atoms with Gasteiger partial charge in [-0.1, -0.05) is 0 Å². The highest BCUT2D eigenvalue weighted by Crippen LogP contribution is 2.07. The number of carboxylic acid groups (broad SMARTS) is 1. The first kappa shape index (κ1) is 12.9. The zero-order valence-electron chi connectivity index (χ0n) is 10.9. The van der Waals surface area contributed by atoms with Crippen LogP contribution in [0.2, 0.25) is 0 Å². The Bertz CT molecular complexity index is 430. The molecule has 1 aromatic heterocycles. The molecule has 0 bridgehead atoms. The van der Waals surface area contributed by atoms with Crippen LogP contribution in [0.15, 0.2) is 6.07 Å². The predicted octanol–water partition coefficient (Wildman–Crippen LogP) is 0.842. The first-order valence-electron chi connectivity index (χ1n) is 6.28. The summed E-state index contributed by atoms with van der Waals surface area (Å²) in [5.74, 6) is 0. The number of amides is 1. The second-order valence-corrected chi connectivity index (χ2v) is 4.82. The summed E-state index contributed by atoms with van der Waals surface area (Å²) in [6, 6.07) is 2.27. The van der Waals surface area contributed by atoms with Gasteiger partial charge in [-0.3, -0.25) is 4.68 Å². The minimum Gasteiger partial charge on any atom is -0.465 e. The van der Waals surface area contributed by atoms with Crippen molar-refractivity contribution in [1.29, 1.82) is 0 Å². The number of carbonyl (C=O) groups is 1. The second-order valence-electron chi connectivity index (χ2n) is 4.82. The van der Waals surface area contributed by atoms with Gasteiger partial charge in [-0.2, -0.15) is 5.10 Å². The molecule has 2 rings (SSSR count). The van der Waals surface area contributed by atoms with Gasteiger partial charge in [0.15, 0.2) is 0 Å². The molecule has 1 fully saturated rings. The van der Waals surface area contributed by atoms with Crippen LogP contribution in [-0.4, -0.2) is 51.6 Å². The Labute approximate surface area is 107 Å². The quantitative estimate of drug-likeness (QED) is 0.836. The minimum absolute atomic E-state index is 0.221. The lowest BCUT2D eigenvalue weighted by atomic mass is 10.1. The number of hydrogen-bond acceptors (Lipinski definition) is 3. The topological polar surface area (TPSA) is 70.4 Å². The lowest BCUT2D eigenvalue weighted by Gasteiger charge is -2.31. The van der Waals surface area contributed by atoms with Crippen LogP contribution in [0.1, 0.15) is 17.8 Å². The monoisotopic (exact) mass is 252 g/mol. The summed E-state index contributed by atoms with van der Waals surface area (Å²) in [5.41, 5.74) is 2.18. The summed E-state index contributed by atoms with van der Waals surface area (Å²) < 4.78 is 1.98. The van der Waals surface area contributed by atoms with E-state index in [2.05, 4.69) is 16.5 Å². The molecule has 1 amide bonds. The summed E-state index contributed by atoms with van der Waals surface area (Å²) in [7, 11) is 0. The van der Waals surface area contributed by atoms with E-state index in [0.717, 1.165) is 30.9 Å². The van der Waals surface area contributed by atoms with Gasteiger partial charge < -0.3 is 15.3 Å². The van der Waals surface area contributed by atoms with Crippen molar-refractivity contribution >= 4 is 6.09 Å². The molecule has 2 heterocycles. The molecule has 0 spiro atoms. The number of hydrogen-bond donors (Lipinski definition) is 2. The van der Waals surface area contributed by atoms with Crippen molar-refractivity contribution in [2.45, 2.75) is 32.9 Å². The summed E-state index contributed by atoms with van der Waals surface area (Å²) >= 11 is 0. The summed E-state index contributed by atoms with van der Waals surface area (Å²) in [6.07, 6.45) is 0.0683. The van der Waals surface area contributed by atoms with E-state index >= 15 is 0 Å². The molecule has 2 N–H and O–H groups in total. The fourth-order valence-corrected chi connectivity index (χ4v) is 2.37. The molecule has 1 saturated heterocycles. The normalized spacial score (nSPS) is 20.1. The van der Waals surface area contributed by atoms with Gasteiger partial charge in [-0.15, -0.1) is 0 Å². The molecule has 0 radical (unpaired) electrons. The Balaban J connectivity index is 1.86. The average Bonchev–Trinajstić information content (AvgIpc) is 2.65. The van der Waals surface area contributed by atoms with Gasteiger partial charge in [0.25, 0.3) is 0 Å². The zero-order valence-corrected chi connectivity index (χ0v) is 10.9. The number of nitrogens with one attached hydrogen (secondary N) is 1. The Kier molecular flexibility index (Phi) is 3.86. The lowest BCUT2D eigenvalue weighted by molar-refractivity contribution is 0.126. The van der Waals surface area contributed by atoms with E-state index in [9.17, 15) is 4.79 Å². The molecular formula is C12H20N4O2. The summed E-state index contributed by atoms with van der Waals surface area (Å²) in [5, 5.41) is 16.7. The highest BCUT2D eigenvalue weighted by Gasteiger charge is 2.22. The van der Waals surface area contributed by atoms with E-state index in [4.69, 9.17) is 5.11 Å². The maximum atomic E-state index is 10.9. The molecular weight excluding hydrogens is 232 g/mol. The minimum atomic E-state index is -0.826. The van der Waals surface area contributed by atoms with E-state index in [-0.39, 0.29) is 6.04 Å². The van der Waals surface area contributed by atoms with Gasteiger partial charge in [0, 0.05) is 37.9 Å². The highest BCUT2D eigenvalue weighted by atomic mass is 16.4. The van der Waals surface area contributed by atoms with Crippen molar-refractivity contribution in [3.8, 4) is 0 Å². The summed E-state index contributed by atoms with van der Waals surface area (Å²) in [6.45, 7) is 6.71. The molecule has 1 aromatic rings. The zero-order chi connectivity index (χ0) is 13.1. The van der Waals surface area contributed by atoms with Crippen molar-refractivity contribution in [2.24, 2.45) is 0 Å². The fourth-order valence-electron chi connectivity index (χ4n) is 2.37. The molecule has 0 aromatic carbocycles. The van der Waals surface area contributed by atoms with Crippen molar-refractivity contribution < 1.29 is 9.90 Å². The van der Waals surface area contributed by atoms with Gasteiger partial charge in [0.05, 0.1) is 5.69 Å². The SMILES string of the molecule is Cc1cc(C)n(CC[C@@H]2CN(C(=O)O)CCN2)n1. The van der Waals surface area contributed by atoms with Crippen LogP contribution < -0.4 is 5.32 Å². The van der Waals surface area contributed by atoms with Crippen molar-refractivity contribution in [1.82, 2.24) is 20.0 Å². The van der Waals surface area contributed by atoms with E-state index in [1.54, 1.807) is 0 Å². The first-order valence-corrected chi connectivity index (χ1v) is 6.28. The maximum absolute atomic E-state index is 10.9. The van der Waals surface area contributed by atoms with E-state index in [1.165, 1.54) is 4.90 Å². The third-order valence-electron chi connectivity index (χ3n) is 3.32. The molecule has 1 aliphatic heterocycles. The number of piperazine rings is 1. The van der Waals surface area contributed by atoms with Gasteiger partial charge in [0.1, 0.15) is 0 Å². The number of rotatable bonds is 3. The molecule has 0 unspecified atom stereocenters. The Morgan fingerprint density at radius 3 is 3.00 bits per heavy atom. The van der Waals surface area contributed by atoms with Crippen molar-refractivity contribution in [3.05, 3.63) is 17.5 Å². The predicted molar refractivity (Wildman–Crippen MR) is 67.7 cm³/mol. The van der Waals surface area contributed by atoms with Gasteiger partial charge in [-0.25, -0.2) is 4.79 Å². The third kappa shape index (κ3) is 3.01. The van der Waals surface area contributed by atoms with Crippen molar-refractivity contribution in [3.63, 3.8) is 0 Å². The maximum Gasteiger partial charge on any atom is 0.407 e. The number of nitrogens with zero attached hydrogens (tertiary/aromatic N) is 3. The van der Waals surface area contributed by atoms with Gasteiger partial charge in [-0.05, 0) is 26.3 Å². The average molecular weight is 252 g/mol. The molecule has 100 valence electrons. The second kappa shape index (κ2) is 5.39. The molecule has 1 aliphatic rings. The van der Waals surface area contributed by atoms with Crippen LogP contribution in [0, 0.1) is 13.8 Å². The molecule has 6 heteroatoms. The van der Waals surface area contributed by atoms with Crippen LogP contribution in [-0.2, 0) is 6.54 Å². The summed E-state index contributed by atoms with van der Waals surface area (Å²) in [4.78, 5) is 12.4. The van der Waals surface area contributed by atoms with Crippen LogP contribution in [0.25, 0.3) is 0 Å². The van der Waals surface area contributed by atoms with Crippen LogP contribution in [0.4, 0.5) is 4.79 Å². The number of aromatic nitrogens is 2.